The first-order valence-electron chi connectivity index (χ1n) is 12.9. The fraction of sp³-hybridized carbons (Fsp3) is 0.500. The minimum absolute atomic E-state index is 0.0433. The molecule has 2 amide bonds. The first kappa shape index (κ1) is 24.7. The number of aliphatic hydroxyl groups is 1. The Morgan fingerprint density at radius 3 is 2.61 bits per heavy atom. The van der Waals surface area contributed by atoms with E-state index in [2.05, 4.69) is 17.4 Å². The molecule has 2 bridgehead atoms. The molecule has 8 nitrogen and oxygen atoms in total. The van der Waals surface area contributed by atoms with Crippen molar-refractivity contribution >= 4 is 11.8 Å². The molecule has 0 radical (unpaired) electrons. The lowest BCUT2D eigenvalue weighted by molar-refractivity contribution is -0.00717. The molecule has 36 heavy (non-hydrogen) atoms. The van der Waals surface area contributed by atoms with Gasteiger partial charge in [-0.3, -0.25) is 9.59 Å². The van der Waals surface area contributed by atoms with Crippen LogP contribution in [-0.2, 0) is 17.7 Å². The Morgan fingerprint density at radius 1 is 1.17 bits per heavy atom. The van der Waals surface area contributed by atoms with Crippen molar-refractivity contribution in [3.05, 3.63) is 64.7 Å². The van der Waals surface area contributed by atoms with Crippen LogP contribution < -0.4 is 10.1 Å². The molecule has 2 unspecified atom stereocenters. The highest BCUT2D eigenvalue weighted by atomic mass is 16.5. The number of rotatable bonds is 7. The second-order valence-electron chi connectivity index (χ2n) is 9.99. The van der Waals surface area contributed by atoms with E-state index in [0.29, 0.717) is 49.7 Å². The molecule has 0 spiro atoms. The molecule has 0 saturated carbocycles. The summed E-state index contributed by atoms with van der Waals surface area (Å²) in [6.45, 7) is 4.26. The summed E-state index contributed by atoms with van der Waals surface area (Å²) >= 11 is 0. The molecule has 0 aliphatic carbocycles. The van der Waals surface area contributed by atoms with Crippen molar-refractivity contribution in [3.8, 4) is 5.75 Å². The number of nitrogens with zero attached hydrogens (tertiary/aromatic N) is 2. The number of benzene rings is 2. The standard InChI is InChI=1S/C28H35N3O5/c1-3-36-26-13-19(27(33)31-21-9-10-22(31)17-35-16-21)8-11-23(26)28(34)30(2)15-25(32)24-12-18-6-4-5-7-20(18)14-29-24/h4-8,11,13,21-22,24-25,29,32H,3,9-10,12,14-17H2,1-2H3/t21?,22?,24-,25+/m0/s1. The maximum Gasteiger partial charge on any atom is 0.257 e. The molecule has 8 heteroatoms. The second-order valence-corrected chi connectivity index (χ2v) is 9.99. The number of carbonyl (C=O) groups is 2. The molecule has 2 N–H and O–H groups in total. The van der Waals surface area contributed by atoms with Gasteiger partial charge in [-0.1, -0.05) is 24.3 Å². The number of carbonyl (C=O) groups excluding carboxylic acids is 2. The predicted molar refractivity (Wildman–Crippen MR) is 135 cm³/mol. The lowest BCUT2D eigenvalue weighted by Gasteiger charge is -2.35. The summed E-state index contributed by atoms with van der Waals surface area (Å²) in [6, 6.07) is 13.3. The second kappa shape index (κ2) is 10.6. The molecule has 3 aliphatic rings. The zero-order valence-corrected chi connectivity index (χ0v) is 21.0. The summed E-state index contributed by atoms with van der Waals surface area (Å²) in [5.41, 5.74) is 3.37. The Balaban J connectivity index is 1.28. The van der Waals surface area contributed by atoms with Gasteiger partial charge in [-0.15, -0.1) is 0 Å². The van der Waals surface area contributed by atoms with Crippen LogP contribution in [0.15, 0.2) is 42.5 Å². The maximum atomic E-state index is 13.4. The summed E-state index contributed by atoms with van der Waals surface area (Å²) in [5.74, 6) is 0.0948. The quantitative estimate of drug-likeness (QED) is 0.615. The van der Waals surface area contributed by atoms with Crippen LogP contribution in [-0.4, -0.2) is 84.4 Å². The van der Waals surface area contributed by atoms with E-state index in [-0.39, 0.29) is 36.5 Å². The maximum absolute atomic E-state index is 13.4. The number of likely N-dealkylation sites (N-methyl/N-ethyl adjacent to an activating group) is 1. The Hall–Kier alpha value is -2.94. The van der Waals surface area contributed by atoms with Crippen molar-refractivity contribution in [1.29, 1.82) is 0 Å². The number of nitrogens with one attached hydrogen (secondary N) is 1. The van der Waals surface area contributed by atoms with Gasteiger partial charge in [-0.25, -0.2) is 0 Å². The van der Waals surface area contributed by atoms with Crippen molar-refractivity contribution in [3.63, 3.8) is 0 Å². The van der Waals surface area contributed by atoms with Crippen molar-refractivity contribution in [2.45, 2.75) is 57.0 Å². The number of hydrogen-bond acceptors (Lipinski definition) is 6. The van der Waals surface area contributed by atoms with Crippen LogP contribution in [0.2, 0.25) is 0 Å². The first-order valence-corrected chi connectivity index (χ1v) is 12.9. The normalized spacial score (nSPS) is 23.6. The highest BCUT2D eigenvalue weighted by Crippen LogP contribution is 2.32. The van der Waals surface area contributed by atoms with E-state index in [0.717, 1.165) is 12.8 Å². The lowest BCUT2D eigenvalue weighted by Crippen LogP contribution is -2.49. The zero-order chi connectivity index (χ0) is 25.2. The molecule has 2 fully saturated rings. The third-order valence-corrected chi connectivity index (χ3v) is 7.62. The molecule has 192 valence electrons. The number of ether oxygens (including phenoxy) is 2. The van der Waals surface area contributed by atoms with Gasteiger partial charge in [0, 0.05) is 31.7 Å². The minimum atomic E-state index is -0.722. The number of morpholine rings is 1. The van der Waals surface area contributed by atoms with Gasteiger partial charge >= 0.3 is 0 Å². The smallest absolute Gasteiger partial charge is 0.257 e. The van der Waals surface area contributed by atoms with E-state index in [1.54, 1.807) is 25.2 Å². The molecule has 0 aromatic heterocycles. The van der Waals surface area contributed by atoms with E-state index in [4.69, 9.17) is 9.47 Å². The summed E-state index contributed by atoms with van der Waals surface area (Å²) in [5, 5.41) is 14.3. The van der Waals surface area contributed by atoms with E-state index in [1.807, 2.05) is 24.0 Å². The predicted octanol–water partition coefficient (Wildman–Crippen LogP) is 2.24. The monoisotopic (exact) mass is 493 g/mol. The molecule has 2 aromatic rings. The van der Waals surface area contributed by atoms with Gasteiger partial charge in [-0.2, -0.15) is 0 Å². The van der Waals surface area contributed by atoms with Crippen molar-refractivity contribution in [2.24, 2.45) is 0 Å². The molecule has 3 heterocycles. The van der Waals surface area contributed by atoms with Gasteiger partial charge in [-0.05, 0) is 55.5 Å². The van der Waals surface area contributed by atoms with Gasteiger partial charge in [0.05, 0.1) is 43.6 Å². The lowest BCUT2D eigenvalue weighted by atomic mass is 9.93. The van der Waals surface area contributed by atoms with E-state index in [9.17, 15) is 14.7 Å². The van der Waals surface area contributed by atoms with Crippen LogP contribution in [0.25, 0.3) is 0 Å². The molecule has 2 aromatic carbocycles. The summed E-state index contributed by atoms with van der Waals surface area (Å²) in [6.07, 6.45) is 1.91. The van der Waals surface area contributed by atoms with Crippen molar-refractivity contribution < 1.29 is 24.2 Å². The summed E-state index contributed by atoms with van der Waals surface area (Å²) in [4.78, 5) is 30.1. The highest BCUT2D eigenvalue weighted by Gasteiger charge is 2.41. The Labute approximate surface area is 212 Å². The van der Waals surface area contributed by atoms with Gasteiger partial charge in [0.25, 0.3) is 11.8 Å². The van der Waals surface area contributed by atoms with Crippen LogP contribution in [0.1, 0.15) is 51.6 Å². The van der Waals surface area contributed by atoms with Gasteiger partial charge in [0.2, 0.25) is 0 Å². The summed E-state index contributed by atoms with van der Waals surface area (Å²) in [7, 11) is 1.68. The highest BCUT2D eigenvalue weighted by molar-refractivity contribution is 6.00. The molecular formula is C28H35N3O5. The first-order chi connectivity index (χ1) is 17.5. The molecular weight excluding hydrogens is 458 g/mol. The number of aliphatic hydroxyl groups excluding tert-OH is 1. The third-order valence-electron chi connectivity index (χ3n) is 7.62. The molecule has 3 aliphatic heterocycles. The Kier molecular flexibility index (Phi) is 7.27. The van der Waals surface area contributed by atoms with Crippen LogP contribution in [0, 0.1) is 0 Å². The number of fused-ring (bicyclic) bond motifs is 3. The van der Waals surface area contributed by atoms with Crippen LogP contribution in [0.5, 0.6) is 5.75 Å². The van der Waals surface area contributed by atoms with Crippen molar-refractivity contribution in [2.75, 3.05) is 33.4 Å². The van der Waals surface area contributed by atoms with Crippen LogP contribution >= 0.6 is 0 Å². The average molecular weight is 494 g/mol. The van der Waals surface area contributed by atoms with E-state index < -0.39 is 6.10 Å². The van der Waals surface area contributed by atoms with Gasteiger partial charge in [0.15, 0.2) is 0 Å². The Bertz CT molecular complexity index is 1110. The zero-order valence-electron chi connectivity index (χ0n) is 21.0. The van der Waals surface area contributed by atoms with Gasteiger partial charge in [0.1, 0.15) is 5.75 Å². The minimum Gasteiger partial charge on any atom is -0.493 e. The van der Waals surface area contributed by atoms with Crippen molar-refractivity contribution in [1.82, 2.24) is 15.1 Å². The van der Waals surface area contributed by atoms with Gasteiger partial charge < -0.3 is 29.7 Å². The largest absolute Gasteiger partial charge is 0.493 e. The Morgan fingerprint density at radius 2 is 1.89 bits per heavy atom. The fourth-order valence-corrected chi connectivity index (χ4v) is 5.66. The van der Waals surface area contributed by atoms with E-state index >= 15 is 0 Å². The molecule has 2 saturated heterocycles. The third kappa shape index (κ3) is 4.85. The van der Waals surface area contributed by atoms with E-state index in [1.165, 1.54) is 16.0 Å². The fourth-order valence-electron chi connectivity index (χ4n) is 5.66. The van der Waals surface area contributed by atoms with Crippen LogP contribution in [0.3, 0.4) is 0 Å². The summed E-state index contributed by atoms with van der Waals surface area (Å²) < 4.78 is 11.4. The number of hydrogen-bond donors (Lipinski definition) is 2. The van der Waals surface area contributed by atoms with Crippen LogP contribution in [0.4, 0.5) is 0 Å². The SMILES string of the molecule is CCOc1cc(C(=O)N2C3CCC2COC3)ccc1C(=O)N(C)C[C@@H](O)[C@@H]1Cc2ccccc2CN1. The average Bonchev–Trinajstić information content (AvgIpc) is 3.15. The topological polar surface area (TPSA) is 91.3 Å². The molecule has 4 atom stereocenters. The molecule has 5 rings (SSSR count). The number of amides is 2.